The lowest BCUT2D eigenvalue weighted by molar-refractivity contribution is 0.414. The summed E-state index contributed by atoms with van der Waals surface area (Å²) in [5.41, 5.74) is 3.22. The van der Waals surface area contributed by atoms with Crippen molar-refractivity contribution in [3.05, 3.63) is 96.6 Å². The zero-order valence-electron chi connectivity index (χ0n) is 16.1. The minimum Gasteiger partial charge on any atom is -0.497 e. The maximum absolute atomic E-state index is 5.30. The fraction of sp³-hybridized carbons (Fsp3) is 0.0833. The first-order valence-electron chi connectivity index (χ1n) is 9.35. The van der Waals surface area contributed by atoms with Gasteiger partial charge in [0.2, 0.25) is 0 Å². The lowest BCUT2D eigenvalue weighted by Crippen LogP contribution is -2.00. The fourth-order valence-corrected chi connectivity index (χ4v) is 3.73. The molecule has 1 aromatic heterocycles. The minimum atomic E-state index is 0.804. The summed E-state index contributed by atoms with van der Waals surface area (Å²) in [7, 11) is 1.67. The van der Waals surface area contributed by atoms with Crippen molar-refractivity contribution in [3.63, 3.8) is 0 Å². The van der Waals surface area contributed by atoms with Gasteiger partial charge in [-0.2, -0.15) is 0 Å². The number of hydrogen-bond acceptors (Lipinski definition) is 4. The van der Waals surface area contributed by atoms with E-state index in [2.05, 4.69) is 39.0 Å². The Hall–Kier alpha value is -3.31. The van der Waals surface area contributed by atoms with E-state index in [0.717, 1.165) is 33.7 Å². The van der Waals surface area contributed by atoms with Crippen molar-refractivity contribution in [1.29, 1.82) is 0 Å². The first kappa shape index (κ1) is 19.0. The summed E-state index contributed by atoms with van der Waals surface area (Å²) in [4.78, 5) is 0. The molecular weight excluding hydrogens is 378 g/mol. The van der Waals surface area contributed by atoms with Crippen LogP contribution in [0.25, 0.3) is 23.2 Å². The summed E-state index contributed by atoms with van der Waals surface area (Å²) >= 11 is 1.66. The molecular formula is C24H21N3OS. The van der Waals surface area contributed by atoms with Crippen LogP contribution in [0.5, 0.6) is 5.75 Å². The molecule has 4 aromatic rings. The Morgan fingerprint density at radius 1 is 0.862 bits per heavy atom. The largest absolute Gasteiger partial charge is 0.497 e. The molecule has 0 aliphatic carbocycles. The number of thioether (sulfide) groups is 1. The van der Waals surface area contributed by atoms with Crippen LogP contribution >= 0.6 is 11.8 Å². The second kappa shape index (κ2) is 9.26. The van der Waals surface area contributed by atoms with Gasteiger partial charge in [0.05, 0.1) is 7.11 Å². The number of rotatable bonds is 7. The fourth-order valence-electron chi connectivity index (χ4n) is 2.97. The molecule has 0 bridgehead atoms. The van der Waals surface area contributed by atoms with E-state index in [1.165, 1.54) is 5.56 Å². The Bertz CT molecular complexity index is 1070. The zero-order chi connectivity index (χ0) is 19.9. The monoisotopic (exact) mass is 399 g/mol. The van der Waals surface area contributed by atoms with E-state index < -0.39 is 0 Å². The lowest BCUT2D eigenvalue weighted by Gasteiger charge is -2.10. The SMILES string of the molecule is COc1ccc(-n2c(SC/C=C/c3ccccc3)nnc2-c2ccccc2)cc1. The first-order valence-corrected chi connectivity index (χ1v) is 10.3. The molecule has 0 spiro atoms. The van der Waals surface area contributed by atoms with E-state index >= 15 is 0 Å². The van der Waals surface area contributed by atoms with Crippen LogP contribution in [0, 0.1) is 0 Å². The molecule has 0 unspecified atom stereocenters. The van der Waals surface area contributed by atoms with Gasteiger partial charge in [0.25, 0.3) is 0 Å². The predicted molar refractivity (Wildman–Crippen MR) is 120 cm³/mol. The standard InChI is InChI=1S/C24H21N3OS/c1-28-22-16-14-21(15-17-22)27-23(20-12-6-3-7-13-20)25-26-24(27)29-18-8-11-19-9-4-2-5-10-19/h2-17H,18H2,1H3/b11-8+. The van der Waals surface area contributed by atoms with Crippen LogP contribution in [0.3, 0.4) is 0 Å². The minimum absolute atomic E-state index is 0.804. The van der Waals surface area contributed by atoms with Crippen LogP contribution in [-0.4, -0.2) is 27.6 Å². The molecule has 4 nitrogen and oxygen atoms in total. The van der Waals surface area contributed by atoms with Gasteiger partial charge in [0.15, 0.2) is 11.0 Å². The Labute approximate surface area is 174 Å². The Kier molecular flexibility index (Phi) is 6.07. The van der Waals surface area contributed by atoms with Gasteiger partial charge in [-0.25, -0.2) is 0 Å². The smallest absolute Gasteiger partial charge is 0.196 e. The number of hydrogen-bond donors (Lipinski definition) is 0. The number of benzene rings is 3. The quantitative estimate of drug-likeness (QED) is 0.371. The molecule has 0 amide bonds. The van der Waals surface area contributed by atoms with Crippen molar-refractivity contribution in [2.45, 2.75) is 5.16 Å². The molecule has 0 fully saturated rings. The van der Waals surface area contributed by atoms with E-state index in [1.54, 1.807) is 18.9 Å². The normalized spacial score (nSPS) is 11.1. The predicted octanol–water partition coefficient (Wildman–Crippen LogP) is 5.75. The lowest BCUT2D eigenvalue weighted by atomic mass is 10.2. The summed E-state index contributed by atoms with van der Waals surface area (Å²) in [6.45, 7) is 0. The van der Waals surface area contributed by atoms with E-state index in [4.69, 9.17) is 4.74 Å². The third-order valence-electron chi connectivity index (χ3n) is 4.41. The van der Waals surface area contributed by atoms with E-state index in [0.29, 0.717) is 0 Å². The van der Waals surface area contributed by atoms with Gasteiger partial charge in [-0.05, 0) is 29.8 Å². The van der Waals surface area contributed by atoms with Crippen LogP contribution in [-0.2, 0) is 0 Å². The van der Waals surface area contributed by atoms with Gasteiger partial charge in [0.1, 0.15) is 5.75 Å². The van der Waals surface area contributed by atoms with E-state index in [-0.39, 0.29) is 0 Å². The summed E-state index contributed by atoms with van der Waals surface area (Å²) in [6.07, 6.45) is 4.27. The van der Waals surface area contributed by atoms with E-state index in [9.17, 15) is 0 Å². The van der Waals surface area contributed by atoms with Gasteiger partial charge >= 0.3 is 0 Å². The van der Waals surface area contributed by atoms with Crippen molar-refractivity contribution in [2.75, 3.05) is 12.9 Å². The molecule has 0 saturated heterocycles. The topological polar surface area (TPSA) is 39.9 Å². The van der Waals surface area contributed by atoms with Crippen LogP contribution in [0.1, 0.15) is 5.56 Å². The maximum atomic E-state index is 5.30. The average Bonchev–Trinajstić information content (AvgIpc) is 3.22. The van der Waals surface area contributed by atoms with Crippen molar-refractivity contribution >= 4 is 17.8 Å². The summed E-state index contributed by atoms with van der Waals surface area (Å²) < 4.78 is 7.39. The van der Waals surface area contributed by atoms with Crippen LogP contribution in [0.15, 0.2) is 96.2 Å². The van der Waals surface area contributed by atoms with Crippen molar-refractivity contribution < 1.29 is 4.74 Å². The highest BCUT2D eigenvalue weighted by Crippen LogP contribution is 2.29. The molecule has 4 rings (SSSR count). The van der Waals surface area contributed by atoms with Gasteiger partial charge in [-0.15, -0.1) is 10.2 Å². The molecule has 0 aliphatic heterocycles. The highest BCUT2D eigenvalue weighted by molar-refractivity contribution is 7.99. The Balaban J connectivity index is 1.62. The van der Waals surface area contributed by atoms with Crippen molar-refractivity contribution in [3.8, 4) is 22.8 Å². The first-order chi connectivity index (χ1) is 14.3. The van der Waals surface area contributed by atoms with Crippen molar-refractivity contribution in [2.24, 2.45) is 0 Å². The summed E-state index contributed by atoms with van der Waals surface area (Å²) in [6, 6.07) is 28.4. The molecule has 0 N–H and O–H groups in total. The van der Waals surface area contributed by atoms with Crippen LogP contribution in [0.4, 0.5) is 0 Å². The second-order valence-electron chi connectivity index (χ2n) is 6.33. The van der Waals surface area contributed by atoms with Crippen molar-refractivity contribution in [1.82, 2.24) is 14.8 Å². The number of aromatic nitrogens is 3. The van der Waals surface area contributed by atoms with E-state index in [1.807, 2.05) is 72.8 Å². The van der Waals surface area contributed by atoms with Gasteiger partial charge in [-0.1, -0.05) is 84.6 Å². The zero-order valence-corrected chi connectivity index (χ0v) is 16.9. The Morgan fingerprint density at radius 2 is 1.55 bits per heavy atom. The van der Waals surface area contributed by atoms with Crippen LogP contribution in [0.2, 0.25) is 0 Å². The number of ether oxygens (including phenoxy) is 1. The highest BCUT2D eigenvalue weighted by Gasteiger charge is 2.15. The van der Waals surface area contributed by atoms with Gasteiger partial charge in [0, 0.05) is 17.0 Å². The number of methoxy groups -OCH3 is 1. The van der Waals surface area contributed by atoms with Gasteiger partial charge in [-0.3, -0.25) is 4.57 Å². The van der Waals surface area contributed by atoms with Crippen LogP contribution < -0.4 is 4.74 Å². The molecule has 29 heavy (non-hydrogen) atoms. The molecule has 3 aromatic carbocycles. The molecule has 5 heteroatoms. The molecule has 1 heterocycles. The molecule has 144 valence electrons. The molecule has 0 aliphatic rings. The second-order valence-corrected chi connectivity index (χ2v) is 7.32. The maximum Gasteiger partial charge on any atom is 0.196 e. The molecule has 0 radical (unpaired) electrons. The third kappa shape index (κ3) is 4.58. The highest BCUT2D eigenvalue weighted by atomic mass is 32.2. The Morgan fingerprint density at radius 3 is 2.24 bits per heavy atom. The third-order valence-corrected chi connectivity index (χ3v) is 5.30. The number of nitrogens with zero attached hydrogens (tertiary/aromatic N) is 3. The van der Waals surface area contributed by atoms with Gasteiger partial charge < -0.3 is 4.74 Å². The summed E-state index contributed by atoms with van der Waals surface area (Å²) in [5, 5.41) is 9.80. The summed E-state index contributed by atoms with van der Waals surface area (Å²) in [5.74, 6) is 2.45. The average molecular weight is 400 g/mol. The molecule has 0 saturated carbocycles. The molecule has 0 atom stereocenters.